The summed E-state index contributed by atoms with van der Waals surface area (Å²) in [6, 6.07) is 6.70. The van der Waals surface area contributed by atoms with Crippen molar-refractivity contribution in [2.45, 2.75) is 6.61 Å². The highest BCUT2D eigenvalue weighted by atomic mass is 35.5. The minimum atomic E-state index is 0.310. The van der Waals surface area contributed by atoms with Gasteiger partial charge in [0.15, 0.2) is 6.29 Å². The van der Waals surface area contributed by atoms with Crippen LogP contribution in [0.2, 0.25) is 10.0 Å². The lowest BCUT2D eigenvalue weighted by molar-refractivity contribution is 0.111. The van der Waals surface area contributed by atoms with Gasteiger partial charge in [0.1, 0.15) is 12.4 Å². The third-order valence-corrected chi connectivity index (χ3v) is 2.80. The second-order valence-electron chi connectivity index (χ2n) is 3.57. The van der Waals surface area contributed by atoms with Crippen molar-refractivity contribution < 1.29 is 9.53 Å². The van der Waals surface area contributed by atoms with Crippen molar-refractivity contribution >= 4 is 29.5 Å². The number of benzene rings is 1. The van der Waals surface area contributed by atoms with Crippen molar-refractivity contribution in [1.29, 1.82) is 0 Å². The number of halogens is 2. The molecular weight excluding hydrogens is 273 g/mol. The Morgan fingerprint density at radius 2 is 1.94 bits per heavy atom. The van der Waals surface area contributed by atoms with Crippen LogP contribution in [-0.2, 0) is 6.61 Å². The normalized spacial score (nSPS) is 10.1. The number of pyridine rings is 1. The fraction of sp³-hybridized carbons (Fsp3) is 0.0769. The van der Waals surface area contributed by atoms with Crippen LogP contribution in [0.5, 0.6) is 5.75 Å². The lowest BCUT2D eigenvalue weighted by Crippen LogP contribution is -1.99. The molecule has 1 heterocycles. The fourth-order valence-corrected chi connectivity index (χ4v) is 2.02. The predicted molar refractivity (Wildman–Crippen MR) is 70.4 cm³/mol. The molecule has 2 aromatic rings. The van der Waals surface area contributed by atoms with Gasteiger partial charge < -0.3 is 4.74 Å². The highest BCUT2D eigenvalue weighted by molar-refractivity contribution is 6.36. The summed E-state index contributed by atoms with van der Waals surface area (Å²) in [5.41, 5.74) is 1.27. The van der Waals surface area contributed by atoms with Gasteiger partial charge in [-0.1, -0.05) is 23.2 Å². The molecule has 0 N–H and O–H groups in total. The second kappa shape index (κ2) is 5.85. The molecule has 2 rings (SSSR count). The summed E-state index contributed by atoms with van der Waals surface area (Å²) in [6.07, 6.45) is 4.01. The van der Waals surface area contributed by atoms with Crippen LogP contribution >= 0.6 is 23.2 Å². The zero-order valence-electron chi connectivity index (χ0n) is 9.27. The Morgan fingerprint density at radius 3 is 2.61 bits per heavy atom. The Kier molecular flexibility index (Phi) is 4.18. The van der Waals surface area contributed by atoms with Crippen LogP contribution in [0, 0.1) is 0 Å². The van der Waals surface area contributed by atoms with Crippen LogP contribution in [0.25, 0.3) is 0 Å². The molecule has 1 aromatic carbocycles. The van der Waals surface area contributed by atoms with E-state index in [0.717, 1.165) is 5.56 Å². The van der Waals surface area contributed by atoms with Crippen molar-refractivity contribution in [1.82, 2.24) is 4.98 Å². The Bertz CT molecular complexity index is 558. The van der Waals surface area contributed by atoms with E-state index in [-0.39, 0.29) is 0 Å². The van der Waals surface area contributed by atoms with Crippen LogP contribution in [0.15, 0.2) is 36.7 Å². The van der Waals surface area contributed by atoms with Crippen LogP contribution in [0.4, 0.5) is 0 Å². The Hall–Kier alpha value is -1.58. The standard InChI is InChI=1S/C13H9Cl2NO2/c14-11-5-10(7-17)13(12(15)6-11)18-8-9-1-3-16-4-2-9/h1-7H,8H2. The summed E-state index contributed by atoms with van der Waals surface area (Å²) in [4.78, 5) is 14.8. The number of carbonyl (C=O) groups excluding carboxylic acids is 1. The van der Waals surface area contributed by atoms with Crippen molar-refractivity contribution in [3.63, 3.8) is 0 Å². The molecule has 0 aliphatic rings. The molecule has 0 spiro atoms. The van der Waals surface area contributed by atoms with Gasteiger partial charge in [0.2, 0.25) is 0 Å². The van der Waals surface area contributed by atoms with Gasteiger partial charge in [-0.2, -0.15) is 0 Å². The van der Waals surface area contributed by atoms with E-state index in [1.807, 2.05) is 12.1 Å². The molecule has 0 atom stereocenters. The summed E-state index contributed by atoms with van der Waals surface area (Å²) < 4.78 is 5.55. The van der Waals surface area contributed by atoms with Gasteiger partial charge in [-0.3, -0.25) is 9.78 Å². The smallest absolute Gasteiger partial charge is 0.153 e. The largest absolute Gasteiger partial charge is 0.487 e. The van der Waals surface area contributed by atoms with E-state index in [2.05, 4.69) is 4.98 Å². The molecule has 0 fully saturated rings. The highest BCUT2D eigenvalue weighted by Crippen LogP contribution is 2.31. The minimum absolute atomic E-state index is 0.310. The first kappa shape index (κ1) is 12.9. The molecule has 0 unspecified atom stereocenters. The molecule has 92 valence electrons. The summed E-state index contributed by atoms with van der Waals surface area (Å²) in [5, 5.41) is 0.719. The molecule has 0 bridgehead atoms. The molecular formula is C13H9Cl2NO2. The van der Waals surface area contributed by atoms with Gasteiger partial charge >= 0.3 is 0 Å². The average molecular weight is 282 g/mol. The molecule has 0 saturated heterocycles. The number of nitrogens with zero attached hydrogens (tertiary/aromatic N) is 1. The van der Waals surface area contributed by atoms with Crippen LogP contribution in [0.1, 0.15) is 15.9 Å². The third-order valence-electron chi connectivity index (χ3n) is 2.30. The highest BCUT2D eigenvalue weighted by Gasteiger charge is 2.10. The molecule has 3 nitrogen and oxygen atoms in total. The molecule has 0 amide bonds. The number of hydrogen-bond acceptors (Lipinski definition) is 3. The van der Waals surface area contributed by atoms with Gasteiger partial charge in [0.05, 0.1) is 10.6 Å². The van der Waals surface area contributed by atoms with E-state index in [1.54, 1.807) is 12.4 Å². The van der Waals surface area contributed by atoms with Crippen LogP contribution in [-0.4, -0.2) is 11.3 Å². The first-order valence-corrected chi connectivity index (χ1v) is 5.92. The quantitative estimate of drug-likeness (QED) is 0.801. The predicted octanol–water partition coefficient (Wildman–Crippen LogP) is 3.78. The van der Waals surface area contributed by atoms with Gasteiger partial charge in [-0.05, 0) is 29.8 Å². The summed E-state index contributed by atoms with van der Waals surface area (Å²) in [5.74, 6) is 0.341. The summed E-state index contributed by atoms with van der Waals surface area (Å²) >= 11 is 11.8. The Morgan fingerprint density at radius 1 is 1.22 bits per heavy atom. The number of ether oxygens (including phenoxy) is 1. The number of rotatable bonds is 4. The second-order valence-corrected chi connectivity index (χ2v) is 4.41. The lowest BCUT2D eigenvalue weighted by atomic mass is 10.2. The molecule has 0 aliphatic heterocycles. The maximum absolute atomic E-state index is 10.9. The lowest BCUT2D eigenvalue weighted by Gasteiger charge is -2.10. The van der Waals surface area contributed by atoms with Crippen LogP contribution < -0.4 is 4.74 Å². The van der Waals surface area contributed by atoms with Crippen molar-refractivity contribution in [3.05, 3.63) is 57.8 Å². The summed E-state index contributed by atoms with van der Waals surface area (Å²) in [7, 11) is 0. The third kappa shape index (κ3) is 3.00. The van der Waals surface area contributed by atoms with E-state index < -0.39 is 0 Å². The number of carbonyl (C=O) groups is 1. The zero-order valence-corrected chi connectivity index (χ0v) is 10.8. The van der Waals surface area contributed by atoms with Crippen LogP contribution in [0.3, 0.4) is 0 Å². The van der Waals surface area contributed by atoms with Gasteiger partial charge in [0, 0.05) is 17.4 Å². The molecule has 0 saturated carbocycles. The topological polar surface area (TPSA) is 39.2 Å². The number of hydrogen-bond donors (Lipinski definition) is 0. The van der Waals surface area contributed by atoms with Gasteiger partial charge in [0.25, 0.3) is 0 Å². The molecule has 0 radical (unpaired) electrons. The maximum atomic E-state index is 10.9. The molecule has 1 aromatic heterocycles. The SMILES string of the molecule is O=Cc1cc(Cl)cc(Cl)c1OCc1ccncc1. The van der Waals surface area contributed by atoms with Crippen molar-refractivity contribution in [2.75, 3.05) is 0 Å². The van der Waals surface area contributed by atoms with E-state index in [0.29, 0.717) is 34.3 Å². The first-order valence-electron chi connectivity index (χ1n) is 5.16. The average Bonchev–Trinajstić information content (AvgIpc) is 2.38. The van der Waals surface area contributed by atoms with Crippen molar-refractivity contribution in [2.24, 2.45) is 0 Å². The van der Waals surface area contributed by atoms with E-state index in [9.17, 15) is 4.79 Å². The monoisotopic (exact) mass is 281 g/mol. The Labute approximate surface area is 114 Å². The zero-order chi connectivity index (χ0) is 13.0. The molecule has 5 heteroatoms. The maximum Gasteiger partial charge on any atom is 0.153 e. The number of aromatic nitrogens is 1. The summed E-state index contributed by atoms with van der Waals surface area (Å²) in [6.45, 7) is 0.310. The fourth-order valence-electron chi connectivity index (χ4n) is 1.45. The number of aldehydes is 1. The molecule has 0 aliphatic carbocycles. The minimum Gasteiger partial charge on any atom is -0.487 e. The van der Waals surface area contributed by atoms with Gasteiger partial charge in [-0.25, -0.2) is 0 Å². The van der Waals surface area contributed by atoms with Crippen molar-refractivity contribution in [3.8, 4) is 5.75 Å². The van der Waals surface area contributed by atoms with E-state index >= 15 is 0 Å². The first-order chi connectivity index (χ1) is 8.70. The van der Waals surface area contributed by atoms with E-state index in [1.165, 1.54) is 12.1 Å². The molecule has 18 heavy (non-hydrogen) atoms. The Balaban J connectivity index is 2.21. The van der Waals surface area contributed by atoms with E-state index in [4.69, 9.17) is 27.9 Å². The van der Waals surface area contributed by atoms with Gasteiger partial charge in [-0.15, -0.1) is 0 Å².